The molecule has 1 saturated carbocycles. The molecule has 0 saturated heterocycles. The minimum absolute atomic E-state index is 0.0108. The van der Waals surface area contributed by atoms with Crippen molar-refractivity contribution in [1.82, 2.24) is 5.32 Å². The summed E-state index contributed by atoms with van der Waals surface area (Å²) >= 11 is 1.08. The van der Waals surface area contributed by atoms with Crippen molar-refractivity contribution in [3.63, 3.8) is 0 Å². The fourth-order valence-corrected chi connectivity index (χ4v) is 2.99. The van der Waals surface area contributed by atoms with Crippen molar-refractivity contribution in [3.05, 3.63) is 16.3 Å². The van der Waals surface area contributed by atoms with E-state index in [0.717, 1.165) is 30.6 Å². The van der Waals surface area contributed by atoms with Crippen molar-refractivity contribution in [2.45, 2.75) is 38.0 Å². The third kappa shape index (κ3) is 3.42. The van der Waals surface area contributed by atoms with Crippen LogP contribution in [0.3, 0.4) is 0 Å². The predicted octanol–water partition coefficient (Wildman–Crippen LogP) is 2.65. The Morgan fingerprint density at radius 2 is 2.32 bits per heavy atom. The van der Waals surface area contributed by atoms with Gasteiger partial charge in [-0.2, -0.15) is 8.78 Å². The van der Waals surface area contributed by atoms with Crippen molar-refractivity contribution >= 4 is 17.2 Å². The van der Waals surface area contributed by atoms with Crippen LogP contribution in [0.15, 0.2) is 11.4 Å². The molecule has 2 atom stereocenters. The molecule has 0 radical (unpaired) electrons. The van der Waals surface area contributed by atoms with E-state index in [4.69, 9.17) is 4.74 Å². The standard InChI is InChI=1S/C12H15F2NO3S/c1-17-8-4-2-3-7(8)15-11(16)10-9(5-6-19-10)18-12(13)14/h5-8,12H,2-4H2,1H3,(H,15,16). The maximum Gasteiger partial charge on any atom is 0.387 e. The van der Waals surface area contributed by atoms with E-state index in [1.165, 1.54) is 6.07 Å². The van der Waals surface area contributed by atoms with E-state index in [1.807, 2.05) is 0 Å². The molecule has 1 fully saturated rings. The zero-order chi connectivity index (χ0) is 13.8. The molecule has 19 heavy (non-hydrogen) atoms. The lowest BCUT2D eigenvalue weighted by Gasteiger charge is -2.19. The highest BCUT2D eigenvalue weighted by molar-refractivity contribution is 7.12. The first-order valence-corrected chi connectivity index (χ1v) is 6.85. The Kier molecular flexibility index (Phi) is 4.71. The molecule has 7 heteroatoms. The van der Waals surface area contributed by atoms with Crippen LogP contribution in [0.25, 0.3) is 0 Å². The lowest BCUT2D eigenvalue weighted by atomic mass is 10.2. The van der Waals surface area contributed by atoms with E-state index in [2.05, 4.69) is 10.1 Å². The van der Waals surface area contributed by atoms with Gasteiger partial charge >= 0.3 is 6.61 Å². The van der Waals surface area contributed by atoms with Crippen LogP contribution in [-0.4, -0.2) is 31.8 Å². The van der Waals surface area contributed by atoms with Gasteiger partial charge in [-0.15, -0.1) is 11.3 Å². The molecule has 0 spiro atoms. The Morgan fingerprint density at radius 1 is 1.53 bits per heavy atom. The molecule has 1 aliphatic carbocycles. The molecule has 1 aromatic rings. The first kappa shape index (κ1) is 14.2. The number of carbonyl (C=O) groups excluding carboxylic acids is 1. The second-order valence-corrected chi connectivity index (χ2v) is 5.19. The number of rotatable bonds is 5. The Bertz CT molecular complexity index is 438. The molecule has 1 heterocycles. The number of methoxy groups -OCH3 is 1. The number of thiophene rings is 1. The lowest BCUT2D eigenvalue weighted by Crippen LogP contribution is -2.40. The Morgan fingerprint density at radius 3 is 3.00 bits per heavy atom. The number of halogens is 2. The second kappa shape index (κ2) is 6.29. The summed E-state index contributed by atoms with van der Waals surface area (Å²) in [6.45, 7) is -2.93. The van der Waals surface area contributed by atoms with Gasteiger partial charge in [-0.3, -0.25) is 4.79 Å². The third-order valence-electron chi connectivity index (χ3n) is 3.12. The maximum absolute atomic E-state index is 12.2. The largest absolute Gasteiger partial charge is 0.433 e. The normalized spacial score (nSPS) is 22.7. The van der Waals surface area contributed by atoms with Gasteiger partial charge < -0.3 is 14.8 Å². The minimum Gasteiger partial charge on any atom is -0.433 e. The van der Waals surface area contributed by atoms with Gasteiger partial charge in [-0.1, -0.05) is 0 Å². The average molecular weight is 291 g/mol. The highest BCUT2D eigenvalue weighted by atomic mass is 32.1. The molecule has 1 N–H and O–H groups in total. The highest BCUT2D eigenvalue weighted by Crippen LogP contribution is 2.28. The van der Waals surface area contributed by atoms with Gasteiger partial charge in [-0.05, 0) is 30.7 Å². The monoisotopic (exact) mass is 291 g/mol. The highest BCUT2D eigenvalue weighted by Gasteiger charge is 2.29. The van der Waals surface area contributed by atoms with E-state index in [0.29, 0.717) is 0 Å². The molecular weight excluding hydrogens is 276 g/mol. The second-order valence-electron chi connectivity index (χ2n) is 4.28. The molecular formula is C12H15F2NO3S. The van der Waals surface area contributed by atoms with E-state index in [-0.39, 0.29) is 28.7 Å². The fraction of sp³-hybridized carbons (Fsp3) is 0.583. The number of nitrogens with one attached hydrogen (secondary N) is 1. The molecule has 0 aromatic carbocycles. The summed E-state index contributed by atoms with van der Waals surface area (Å²) in [6, 6.07) is 1.30. The van der Waals surface area contributed by atoms with Gasteiger partial charge in [0.1, 0.15) is 10.6 Å². The molecule has 0 bridgehead atoms. The SMILES string of the molecule is COC1CCCC1NC(=O)c1sccc1OC(F)F. The first-order valence-electron chi connectivity index (χ1n) is 5.97. The summed E-state index contributed by atoms with van der Waals surface area (Å²) in [6.07, 6.45) is 2.70. The minimum atomic E-state index is -2.93. The fourth-order valence-electron chi connectivity index (χ4n) is 2.26. The van der Waals surface area contributed by atoms with Crippen molar-refractivity contribution < 1.29 is 23.0 Å². The number of ether oxygens (including phenoxy) is 2. The quantitative estimate of drug-likeness (QED) is 0.907. The van der Waals surface area contributed by atoms with Gasteiger partial charge in [0.05, 0.1) is 12.1 Å². The zero-order valence-corrected chi connectivity index (χ0v) is 11.2. The summed E-state index contributed by atoms with van der Waals surface area (Å²) in [5.41, 5.74) is 0. The van der Waals surface area contributed by atoms with Crippen LogP contribution >= 0.6 is 11.3 Å². The number of hydrogen-bond donors (Lipinski definition) is 1. The molecule has 1 aromatic heterocycles. The third-order valence-corrected chi connectivity index (χ3v) is 4.02. The Hall–Kier alpha value is -1.21. The van der Waals surface area contributed by atoms with Gasteiger partial charge in [0.25, 0.3) is 5.91 Å². The van der Waals surface area contributed by atoms with E-state index in [1.54, 1.807) is 12.5 Å². The average Bonchev–Trinajstić information content (AvgIpc) is 2.97. The molecule has 1 amide bonds. The van der Waals surface area contributed by atoms with Crippen LogP contribution in [0, 0.1) is 0 Å². The van der Waals surface area contributed by atoms with Crippen LogP contribution in [0.4, 0.5) is 8.78 Å². The van der Waals surface area contributed by atoms with Gasteiger partial charge in [0.2, 0.25) is 0 Å². The zero-order valence-electron chi connectivity index (χ0n) is 10.4. The number of carbonyl (C=O) groups is 1. The summed E-state index contributed by atoms with van der Waals surface area (Å²) in [4.78, 5) is 12.2. The molecule has 106 valence electrons. The van der Waals surface area contributed by atoms with Crippen molar-refractivity contribution in [2.24, 2.45) is 0 Å². The molecule has 0 aliphatic heterocycles. The molecule has 2 rings (SSSR count). The van der Waals surface area contributed by atoms with E-state index >= 15 is 0 Å². The van der Waals surface area contributed by atoms with Crippen LogP contribution in [-0.2, 0) is 4.74 Å². The van der Waals surface area contributed by atoms with Gasteiger partial charge in [-0.25, -0.2) is 0 Å². The van der Waals surface area contributed by atoms with Crippen LogP contribution in [0.5, 0.6) is 5.75 Å². The smallest absolute Gasteiger partial charge is 0.387 e. The van der Waals surface area contributed by atoms with Gasteiger partial charge in [0.15, 0.2) is 0 Å². The molecule has 2 unspecified atom stereocenters. The van der Waals surface area contributed by atoms with Crippen LogP contribution < -0.4 is 10.1 Å². The van der Waals surface area contributed by atoms with E-state index in [9.17, 15) is 13.6 Å². The number of alkyl halides is 2. The summed E-state index contributed by atoms with van der Waals surface area (Å²) in [7, 11) is 1.60. The van der Waals surface area contributed by atoms with Crippen molar-refractivity contribution in [3.8, 4) is 5.75 Å². The number of hydrogen-bond acceptors (Lipinski definition) is 4. The summed E-state index contributed by atoms with van der Waals surface area (Å²) in [5.74, 6) is -0.468. The van der Waals surface area contributed by atoms with Crippen molar-refractivity contribution in [1.29, 1.82) is 0 Å². The summed E-state index contributed by atoms with van der Waals surface area (Å²) < 4.78 is 34.0. The Balaban J connectivity index is 2.01. The first-order chi connectivity index (χ1) is 9.11. The maximum atomic E-state index is 12.2. The topological polar surface area (TPSA) is 47.6 Å². The lowest BCUT2D eigenvalue weighted by molar-refractivity contribution is -0.0498. The predicted molar refractivity (Wildman–Crippen MR) is 66.9 cm³/mol. The van der Waals surface area contributed by atoms with Crippen LogP contribution in [0.1, 0.15) is 28.9 Å². The van der Waals surface area contributed by atoms with Crippen molar-refractivity contribution in [2.75, 3.05) is 7.11 Å². The summed E-state index contributed by atoms with van der Waals surface area (Å²) in [5, 5.41) is 4.37. The van der Waals surface area contributed by atoms with E-state index < -0.39 is 6.61 Å². The van der Waals surface area contributed by atoms with Gasteiger partial charge in [0, 0.05) is 7.11 Å². The number of amides is 1. The molecule has 4 nitrogen and oxygen atoms in total. The van der Waals surface area contributed by atoms with Crippen LogP contribution in [0.2, 0.25) is 0 Å². The molecule has 1 aliphatic rings. The Labute approximate surface area is 113 Å².